The number of carbonyl (C=O) groups is 1. The number of amides is 1. The van der Waals surface area contributed by atoms with E-state index in [-0.39, 0.29) is 16.9 Å². The third kappa shape index (κ3) is 2.50. The minimum absolute atomic E-state index is 0.272. The Balaban J connectivity index is 1.39. The van der Waals surface area contributed by atoms with Crippen LogP contribution in [0, 0.1) is 6.92 Å². The molecule has 2 aliphatic heterocycles. The molecule has 1 saturated carbocycles. The summed E-state index contributed by atoms with van der Waals surface area (Å²) in [6.45, 7) is 4.09. The molecule has 140 valence electrons. The van der Waals surface area contributed by atoms with Crippen LogP contribution in [-0.4, -0.2) is 31.0 Å². The Kier molecular flexibility index (Phi) is 3.63. The molecule has 1 atom stereocenters. The topological polar surface area (TPSA) is 38.8 Å². The van der Waals surface area contributed by atoms with Crippen LogP contribution in [0.2, 0.25) is 0 Å². The number of hydrogen-bond donors (Lipinski definition) is 0. The molecular weight excluding hydrogens is 338 g/mol. The number of nitrogens with zero attached hydrogens (tertiary/aromatic N) is 1. The van der Waals surface area contributed by atoms with E-state index in [1.807, 2.05) is 11.0 Å². The summed E-state index contributed by atoms with van der Waals surface area (Å²) in [6, 6.07) is 14.6. The Morgan fingerprint density at radius 1 is 1.11 bits per heavy atom. The fourth-order valence-corrected chi connectivity index (χ4v) is 4.77. The number of hydrogen-bond acceptors (Lipinski definition) is 3. The molecule has 1 saturated heterocycles. The van der Waals surface area contributed by atoms with Crippen molar-refractivity contribution < 1.29 is 14.3 Å². The van der Waals surface area contributed by atoms with Gasteiger partial charge in [0, 0.05) is 6.54 Å². The van der Waals surface area contributed by atoms with E-state index in [2.05, 4.69) is 43.3 Å². The summed E-state index contributed by atoms with van der Waals surface area (Å²) in [4.78, 5) is 15.5. The first-order valence-corrected chi connectivity index (χ1v) is 9.74. The fraction of sp³-hybridized carbons (Fsp3) is 0.435. The SMILES string of the molecule is COc1ccc2c(c1)COC21CCN(C(=O)C2(c3ccc(C)cc3)CC2)C1. The van der Waals surface area contributed by atoms with E-state index in [4.69, 9.17) is 9.47 Å². The van der Waals surface area contributed by atoms with E-state index in [0.717, 1.165) is 37.1 Å². The lowest BCUT2D eigenvalue weighted by atomic mass is 9.91. The minimum Gasteiger partial charge on any atom is -0.497 e. The largest absolute Gasteiger partial charge is 0.497 e. The highest BCUT2D eigenvalue weighted by molar-refractivity contribution is 5.91. The molecule has 1 aliphatic carbocycles. The highest BCUT2D eigenvalue weighted by Gasteiger charge is 2.56. The zero-order valence-electron chi connectivity index (χ0n) is 16.0. The average Bonchev–Trinajstić information content (AvgIpc) is 3.28. The summed E-state index contributed by atoms with van der Waals surface area (Å²) in [5, 5.41) is 0. The molecule has 0 aromatic heterocycles. The molecule has 1 unspecified atom stereocenters. The Bertz CT molecular complexity index is 900. The summed E-state index contributed by atoms with van der Waals surface area (Å²) < 4.78 is 11.6. The number of benzene rings is 2. The molecule has 0 bridgehead atoms. The Hall–Kier alpha value is -2.33. The predicted octanol–water partition coefficient (Wildman–Crippen LogP) is 3.69. The van der Waals surface area contributed by atoms with Crippen molar-refractivity contribution in [1.29, 1.82) is 0 Å². The van der Waals surface area contributed by atoms with Gasteiger partial charge >= 0.3 is 0 Å². The maximum absolute atomic E-state index is 13.4. The molecule has 27 heavy (non-hydrogen) atoms. The van der Waals surface area contributed by atoms with Crippen LogP contribution in [0.1, 0.15) is 41.5 Å². The highest BCUT2D eigenvalue weighted by Crippen LogP contribution is 2.52. The molecule has 0 N–H and O–H groups in total. The van der Waals surface area contributed by atoms with Crippen molar-refractivity contribution in [3.63, 3.8) is 0 Å². The molecule has 3 aliphatic rings. The number of rotatable bonds is 3. The third-order valence-corrected chi connectivity index (χ3v) is 6.59. The molecule has 2 fully saturated rings. The van der Waals surface area contributed by atoms with Crippen LogP contribution in [0.5, 0.6) is 5.75 Å². The molecule has 2 aromatic carbocycles. The minimum atomic E-state index is -0.347. The lowest BCUT2D eigenvalue weighted by molar-refractivity contribution is -0.134. The van der Waals surface area contributed by atoms with Gasteiger partial charge < -0.3 is 14.4 Å². The van der Waals surface area contributed by atoms with Gasteiger partial charge in [-0.1, -0.05) is 35.9 Å². The monoisotopic (exact) mass is 363 g/mol. The van der Waals surface area contributed by atoms with Crippen molar-refractivity contribution in [2.45, 2.75) is 43.8 Å². The van der Waals surface area contributed by atoms with Crippen LogP contribution in [0.25, 0.3) is 0 Å². The summed E-state index contributed by atoms with van der Waals surface area (Å²) in [6.07, 6.45) is 2.77. The van der Waals surface area contributed by atoms with Crippen LogP contribution in [0.15, 0.2) is 42.5 Å². The molecule has 2 aromatic rings. The van der Waals surface area contributed by atoms with Crippen LogP contribution in [0.3, 0.4) is 0 Å². The van der Waals surface area contributed by atoms with Gasteiger partial charge in [0.2, 0.25) is 5.91 Å². The second-order valence-corrected chi connectivity index (χ2v) is 8.23. The maximum Gasteiger partial charge on any atom is 0.233 e. The molecule has 1 spiro atoms. The molecular formula is C23H25NO3. The summed E-state index contributed by atoms with van der Waals surface area (Å²) in [7, 11) is 1.68. The molecule has 1 amide bonds. The van der Waals surface area contributed by atoms with E-state index < -0.39 is 0 Å². The van der Waals surface area contributed by atoms with Crippen LogP contribution >= 0.6 is 0 Å². The standard InChI is InChI=1S/C23H25NO3/c1-16-3-5-18(6-4-16)22(9-10-22)21(25)24-12-11-23(15-24)20-8-7-19(26-2)13-17(20)14-27-23/h3-8,13H,9-12,14-15H2,1-2H3. The summed E-state index contributed by atoms with van der Waals surface area (Å²) in [5.74, 6) is 1.13. The average molecular weight is 363 g/mol. The maximum atomic E-state index is 13.4. The summed E-state index contributed by atoms with van der Waals surface area (Å²) in [5.41, 5.74) is 4.15. The normalized spacial score (nSPS) is 24.9. The predicted molar refractivity (Wildman–Crippen MR) is 103 cm³/mol. The quantitative estimate of drug-likeness (QED) is 0.835. The smallest absolute Gasteiger partial charge is 0.233 e. The van der Waals surface area contributed by atoms with Gasteiger partial charge in [0.15, 0.2) is 0 Å². The Morgan fingerprint density at radius 2 is 1.89 bits per heavy atom. The van der Waals surface area contributed by atoms with Crippen molar-refractivity contribution in [2.75, 3.05) is 20.2 Å². The molecule has 4 heteroatoms. The lowest BCUT2D eigenvalue weighted by Crippen LogP contribution is -2.40. The van der Waals surface area contributed by atoms with Crippen molar-refractivity contribution >= 4 is 5.91 Å². The zero-order chi connectivity index (χ0) is 18.6. The van der Waals surface area contributed by atoms with Gasteiger partial charge in [-0.2, -0.15) is 0 Å². The first-order chi connectivity index (χ1) is 13.1. The van der Waals surface area contributed by atoms with Gasteiger partial charge in [0.1, 0.15) is 11.4 Å². The zero-order valence-corrected chi connectivity index (χ0v) is 16.0. The fourth-order valence-electron chi connectivity index (χ4n) is 4.77. The number of aryl methyl sites for hydroxylation is 1. The number of methoxy groups -OCH3 is 1. The van der Waals surface area contributed by atoms with Crippen LogP contribution in [0.4, 0.5) is 0 Å². The number of fused-ring (bicyclic) bond motifs is 2. The van der Waals surface area contributed by atoms with Gasteiger partial charge in [-0.3, -0.25) is 4.79 Å². The van der Waals surface area contributed by atoms with Gasteiger partial charge in [-0.15, -0.1) is 0 Å². The van der Waals surface area contributed by atoms with Gasteiger partial charge in [-0.05, 0) is 55.0 Å². The Morgan fingerprint density at radius 3 is 2.59 bits per heavy atom. The van der Waals surface area contributed by atoms with Crippen molar-refractivity contribution in [3.8, 4) is 5.75 Å². The van der Waals surface area contributed by atoms with E-state index in [1.54, 1.807) is 7.11 Å². The van der Waals surface area contributed by atoms with Crippen molar-refractivity contribution in [3.05, 3.63) is 64.7 Å². The molecule has 5 rings (SSSR count). The Labute approximate surface area is 160 Å². The third-order valence-electron chi connectivity index (χ3n) is 6.59. The van der Waals surface area contributed by atoms with E-state index in [1.165, 1.54) is 16.7 Å². The van der Waals surface area contributed by atoms with Crippen molar-refractivity contribution in [2.24, 2.45) is 0 Å². The van der Waals surface area contributed by atoms with E-state index in [0.29, 0.717) is 13.2 Å². The van der Waals surface area contributed by atoms with Gasteiger partial charge in [-0.25, -0.2) is 0 Å². The molecule has 2 heterocycles. The van der Waals surface area contributed by atoms with Crippen molar-refractivity contribution in [1.82, 2.24) is 4.90 Å². The van der Waals surface area contributed by atoms with Crippen LogP contribution < -0.4 is 4.74 Å². The highest BCUT2D eigenvalue weighted by atomic mass is 16.5. The van der Waals surface area contributed by atoms with E-state index >= 15 is 0 Å². The van der Waals surface area contributed by atoms with E-state index in [9.17, 15) is 4.79 Å². The second-order valence-electron chi connectivity index (χ2n) is 8.23. The molecule has 4 nitrogen and oxygen atoms in total. The van der Waals surface area contributed by atoms with Crippen LogP contribution in [-0.2, 0) is 27.2 Å². The number of ether oxygens (including phenoxy) is 2. The first kappa shape index (κ1) is 16.8. The van der Waals surface area contributed by atoms with Gasteiger partial charge in [0.05, 0.1) is 25.7 Å². The number of likely N-dealkylation sites (tertiary alicyclic amines) is 1. The second kappa shape index (κ2) is 5.83. The first-order valence-electron chi connectivity index (χ1n) is 9.74. The lowest BCUT2D eigenvalue weighted by Gasteiger charge is -2.27. The summed E-state index contributed by atoms with van der Waals surface area (Å²) >= 11 is 0. The van der Waals surface area contributed by atoms with Gasteiger partial charge in [0.25, 0.3) is 0 Å². The number of carbonyl (C=O) groups excluding carboxylic acids is 1. The molecule has 0 radical (unpaired) electrons.